The van der Waals surface area contributed by atoms with E-state index in [1.54, 1.807) is 12.3 Å². The Morgan fingerprint density at radius 1 is 1.60 bits per heavy atom. The maximum absolute atomic E-state index is 11.5. The van der Waals surface area contributed by atoms with Gasteiger partial charge in [-0.25, -0.2) is 0 Å². The molecule has 0 bridgehead atoms. The Morgan fingerprint density at radius 3 is 2.87 bits per heavy atom. The van der Waals surface area contributed by atoms with Gasteiger partial charge in [-0.15, -0.1) is 0 Å². The van der Waals surface area contributed by atoms with E-state index in [0.717, 1.165) is 4.47 Å². The number of carbonyl (C=O) groups is 1. The average Bonchev–Trinajstić information content (AvgIpc) is 2.62. The van der Waals surface area contributed by atoms with Crippen molar-refractivity contribution in [3.05, 3.63) is 22.4 Å². The van der Waals surface area contributed by atoms with Gasteiger partial charge in [0.1, 0.15) is 5.69 Å². The lowest BCUT2D eigenvalue weighted by molar-refractivity contribution is 0.0939. The van der Waals surface area contributed by atoms with Gasteiger partial charge >= 0.3 is 0 Å². The van der Waals surface area contributed by atoms with Gasteiger partial charge in [0.25, 0.3) is 5.91 Å². The molecule has 1 amide bonds. The van der Waals surface area contributed by atoms with Crippen LogP contribution in [0.3, 0.4) is 0 Å². The summed E-state index contributed by atoms with van der Waals surface area (Å²) in [5, 5.41) is 3.23. The van der Waals surface area contributed by atoms with Crippen LogP contribution in [0.15, 0.2) is 16.7 Å². The van der Waals surface area contributed by atoms with Crippen molar-refractivity contribution in [3.63, 3.8) is 0 Å². The highest BCUT2D eigenvalue weighted by Gasteiger charge is 2.06. The van der Waals surface area contributed by atoms with Crippen molar-refractivity contribution in [3.8, 4) is 0 Å². The van der Waals surface area contributed by atoms with Crippen LogP contribution in [-0.4, -0.2) is 22.5 Å². The number of thiocarbonyl (C=S) groups is 1. The number of H-pyrrole nitrogens is 1. The summed E-state index contributed by atoms with van der Waals surface area (Å²) in [4.78, 5) is 14.3. The summed E-state index contributed by atoms with van der Waals surface area (Å²) in [6.45, 7) is 2.62. The van der Waals surface area contributed by atoms with Gasteiger partial charge in [-0.1, -0.05) is 0 Å². The molecule has 1 heterocycles. The third-order valence-electron chi connectivity index (χ3n) is 1.52. The van der Waals surface area contributed by atoms with Gasteiger partial charge in [-0.2, -0.15) is 0 Å². The van der Waals surface area contributed by atoms with Gasteiger partial charge in [0.15, 0.2) is 5.11 Å². The van der Waals surface area contributed by atoms with Crippen molar-refractivity contribution in [2.75, 3.05) is 6.54 Å². The second-order valence-corrected chi connectivity index (χ2v) is 3.99. The first-order valence-electron chi connectivity index (χ1n) is 4.31. The number of hydrazine groups is 1. The lowest BCUT2D eigenvalue weighted by atomic mass is 10.4. The molecule has 5 nitrogen and oxygen atoms in total. The van der Waals surface area contributed by atoms with Crippen LogP contribution in [-0.2, 0) is 0 Å². The van der Waals surface area contributed by atoms with Crippen LogP contribution in [0, 0.1) is 0 Å². The van der Waals surface area contributed by atoms with Crippen molar-refractivity contribution in [1.82, 2.24) is 21.2 Å². The summed E-state index contributed by atoms with van der Waals surface area (Å²) >= 11 is 8.11. The zero-order valence-corrected chi connectivity index (χ0v) is 10.5. The summed E-state index contributed by atoms with van der Waals surface area (Å²) in [5.74, 6) is -0.277. The summed E-state index contributed by atoms with van der Waals surface area (Å²) in [7, 11) is 0. The fraction of sp³-hybridized carbons (Fsp3) is 0.250. The summed E-state index contributed by atoms with van der Waals surface area (Å²) in [5.41, 5.74) is 5.48. The molecular formula is C8H11BrN4OS. The smallest absolute Gasteiger partial charge is 0.286 e. The maximum atomic E-state index is 11.5. The number of halogens is 1. The lowest BCUT2D eigenvalue weighted by Gasteiger charge is -2.08. The molecule has 0 unspecified atom stereocenters. The molecule has 0 radical (unpaired) electrons. The number of rotatable bonds is 2. The highest BCUT2D eigenvalue weighted by molar-refractivity contribution is 9.10. The second-order valence-electron chi connectivity index (χ2n) is 2.67. The first kappa shape index (κ1) is 12.0. The molecule has 0 aliphatic carbocycles. The molecule has 82 valence electrons. The van der Waals surface area contributed by atoms with Gasteiger partial charge in [0.2, 0.25) is 0 Å². The third-order valence-corrected chi connectivity index (χ3v) is 2.22. The molecular weight excluding hydrogens is 280 g/mol. The van der Waals surface area contributed by atoms with E-state index in [-0.39, 0.29) is 5.91 Å². The Morgan fingerprint density at radius 2 is 2.33 bits per heavy atom. The van der Waals surface area contributed by atoms with Crippen LogP contribution in [0.4, 0.5) is 0 Å². The SMILES string of the molecule is CCNC(=S)NNC(=O)c1cc(Br)c[nH]1. The summed E-state index contributed by atoms with van der Waals surface area (Å²) in [6.07, 6.45) is 1.68. The highest BCUT2D eigenvalue weighted by atomic mass is 79.9. The average molecular weight is 291 g/mol. The monoisotopic (exact) mass is 290 g/mol. The molecule has 7 heteroatoms. The van der Waals surface area contributed by atoms with Crippen LogP contribution < -0.4 is 16.2 Å². The molecule has 0 saturated carbocycles. The minimum atomic E-state index is -0.277. The topological polar surface area (TPSA) is 68.9 Å². The van der Waals surface area contributed by atoms with Crippen molar-refractivity contribution >= 4 is 39.2 Å². The number of nitrogens with one attached hydrogen (secondary N) is 4. The van der Waals surface area contributed by atoms with Crippen molar-refractivity contribution in [1.29, 1.82) is 0 Å². The molecule has 0 spiro atoms. The second kappa shape index (κ2) is 5.72. The van der Waals surface area contributed by atoms with Gasteiger partial charge in [-0.05, 0) is 41.1 Å². The van der Waals surface area contributed by atoms with Crippen molar-refractivity contribution < 1.29 is 4.79 Å². The first-order chi connectivity index (χ1) is 7.13. The van der Waals surface area contributed by atoms with Crippen LogP contribution in [0.5, 0.6) is 0 Å². The van der Waals surface area contributed by atoms with Gasteiger partial charge in [0, 0.05) is 17.2 Å². The number of amides is 1. The quantitative estimate of drug-likeness (QED) is 0.483. The zero-order valence-electron chi connectivity index (χ0n) is 8.06. The van der Waals surface area contributed by atoms with Gasteiger partial charge < -0.3 is 10.3 Å². The normalized spacial score (nSPS) is 9.47. The van der Waals surface area contributed by atoms with Crippen LogP contribution in [0.2, 0.25) is 0 Å². The fourth-order valence-corrected chi connectivity index (χ4v) is 1.42. The van der Waals surface area contributed by atoms with E-state index in [9.17, 15) is 4.79 Å². The van der Waals surface area contributed by atoms with Gasteiger partial charge in [-0.3, -0.25) is 15.6 Å². The molecule has 0 atom stereocenters. The zero-order chi connectivity index (χ0) is 11.3. The highest BCUT2D eigenvalue weighted by Crippen LogP contribution is 2.09. The third kappa shape index (κ3) is 3.88. The molecule has 0 aliphatic rings. The fourth-order valence-electron chi connectivity index (χ4n) is 0.885. The Bertz CT molecular complexity index is 365. The van der Waals surface area contributed by atoms with Crippen LogP contribution in [0.1, 0.15) is 17.4 Å². The van der Waals surface area contributed by atoms with Crippen molar-refractivity contribution in [2.45, 2.75) is 6.92 Å². The Balaban J connectivity index is 2.40. The van der Waals surface area contributed by atoms with E-state index in [1.165, 1.54) is 0 Å². The number of hydrogen-bond donors (Lipinski definition) is 4. The largest absolute Gasteiger partial charge is 0.362 e. The Hall–Kier alpha value is -1.08. The predicted octanol–water partition coefficient (Wildman–Crippen LogP) is 0.906. The number of hydrogen-bond acceptors (Lipinski definition) is 2. The van der Waals surface area contributed by atoms with Crippen LogP contribution >= 0.6 is 28.1 Å². The number of aromatic nitrogens is 1. The van der Waals surface area contributed by atoms with E-state index in [0.29, 0.717) is 17.4 Å². The Kier molecular flexibility index (Phi) is 4.57. The standard InChI is InChI=1S/C8H11BrN4OS/c1-2-10-8(15)13-12-7(14)6-3-5(9)4-11-6/h3-4,11H,2H2,1H3,(H,12,14)(H2,10,13,15). The molecule has 0 aliphatic heterocycles. The molecule has 1 aromatic heterocycles. The molecule has 0 aromatic carbocycles. The molecule has 15 heavy (non-hydrogen) atoms. The van der Waals surface area contributed by atoms with Crippen molar-refractivity contribution in [2.24, 2.45) is 0 Å². The molecule has 1 rings (SSSR count). The van der Waals surface area contributed by atoms with E-state index in [4.69, 9.17) is 12.2 Å². The number of aromatic amines is 1. The van der Waals surface area contributed by atoms with Gasteiger partial charge in [0.05, 0.1) is 0 Å². The Labute approximate surface area is 101 Å². The lowest BCUT2D eigenvalue weighted by Crippen LogP contribution is -2.46. The maximum Gasteiger partial charge on any atom is 0.286 e. The van der Waals surface area contributed by atoms with E-state index in [1.807, 2.05) is 6.92 Å². The molecule has 0 saturated heterocycles. The van der Waals surface area contributed by atoms with E-state index >= 15 is 0 Å². The molecule has 1 aromatic rings. The van der Waals surface area contributed by atoms with E-state index in [2.05, 4.69) is 37.1 Å². The predicted molar refractivity (Wildman–Crippen MR) is 65.4 cm³/mol. The van der Waals surface area contributed by atoms with Crippen LogP contribution in [0.25, 0.3) is 0 Å². The minimum absolute atomic E-state index is 0.277. The summed E-state index contributed by atoms with van der Waals surface area (Å²) < 4.78 is 0.821. The minimum Gasteiger partial charge on any atom is -0.362 e. The van der Waals surface area contributed by atoms with E-state index < -0.39 is 0 Å². The summed E-state index contributed by atoms with van der Waals surface area (Å²) in [6, 6.07) is 1.67. The molecule has 0 fully saturated rings. The first-order valence-corrected chi connectivity index (χ1v) is 5.51. The molecule has 4 N–H and O–H groups in total. The number of carbonyl (C=O) groups excluding carboxylic acids is 1.